The molecular formula is C19H19N3O2. The second kappa shape index (κ2) is 6.66. The van der Waals surface area contributed by atoms with Gasteiger partial charge in [-0.15, -0.1) is 10.2 Å². The monoisotopic (exact) mass is 321 g/mol. The molecule has 5 nitrogen and oxygen atoms in total. The van der Waals surface area contributed by atoms with Gasteiger partial charge in [-0.05, 0) is 37.6 Å². The van der Waals surface area contributed by atoms with E-state index in [0.29, 0.717) is 17.8 Å². The van der Waals surface area contributed by atoms with Crippen molar-refractivity contribution in [2.45, 2.75) is 26.8 Å². The molecule has 1 N–H and O–H groups in total. The summed E-state index contributed by atoms with van der Waals surface area (Å²) in [6.07, 6.45) is 0.880. The smallest absolute Gasteiger partial charge is 0.295 e. The predicted molar refractivity (Wildman–Crippen MR) is 93.9 cm³/mol. The lowest BCUT2D eigenvalue weighted by Crippen LogP contribution is -1.95. The minimum Gasteiger partial charge on any atom is -0.493 e. The Bertz CT molecular complexity index is 911. The second-order valence-electron chi connectivity index (χ2n) is 5.72. The SMILES string of the molecule is CCCn1c(O)c(N=NC(=O)c2ccccc2)c2cc(C)ccc21. The average Bonchev–Trinajstić information content (AvgIpc) is 2.85. The summed E-state index contributed by atoms with van der Waals surface area (Å²) in [4.78, 5) is 12.1. The lowest BCUT2D eigenvalue weighted by molar-refractivity contribution is 0.0995. The molecule has 0 atom stereocenters. The van der Waals surface area contributed by atoms with Gasteiger partial charge in [0, 0.05) is 17.5 Å². The number of carbonyl (C=O) groups is 1. The molecule has 1 aromatic heterocycles. The molecule has 3 aromatic rings. The van der Waals surface area contributed by atoms with Crippen LogP contribution in [0.15, 0.2) is 58.8 Å². The molecule has 0 saturated heterocycles. The number of amides is 1. The molecule has 0 aliphatic heterocycles. The minimum absolute atomic E-state index is 0.0436. The summed E-state index contributed by atoms with van der Waals surface area (Å²) < 4.78 is 1.80. The summed E-state index contributed by atoms with van der Waals surface area (Å²) in [7, 11) is 0. The van der Waals surface area contributed by atoms with E-state index in [1.165, 1.54) is 0 Å². The van der Waals surface area contributed by atoms with Crippen molar-refractivity contribution < 1.29 is 9.90 Å². The number of hydrogen-bond acceptors (Lipinski definition) is 3. The maximum atomic E-state index is 12.1. The molecule has 3 rings (SSSR count). The molecule has 0 bridgehead atoms. The fourth-order valence-electron chi connectivity index (χ4n) is 2.72. The Kier molecular flexibility index (Phi) is 4.42. The summed E-state index contributed by atoms with van der Waals surface area (Å²) in [6, 6.07) is 14.6. The third-order valence-corrected chi connectivity index (χ3v) is 3.87. The highest BCUT2D eigenvalue weighted by Crippen LogP contribution is 2.39. The van der Waals surface area contributed by atoms with Crippen LogP contribution in [0.5, 0.6) is 5.88 Å². The first-order chi connectivity index (χ1) is 11.6. The van der Waals surface area contributed by atoms with E-state index in [-0.39, 0.29) is 5.88 Å². The number of aryl methyl sites for hydroxylation is 2. The highest BCUT2D eigenvalue weighted by Gasteiger charge is 2.16. The zero-order chi connectivity index (χ0) is 17.1. The molecular weight excluding hydrogens is 302 g/mol. The Morgan fingerprint density at radius 1 is 1.17 bits per heavy atom. The van der Waals surface area contributed by atoms with Crippen LogP contribution in [0.25, 0.3) is 10.9 Å². The third-order valence-electron chi connectivity index (χ3n) is 3.87. The van der Waals surface area contributed by atoms with Crippen molar-refractivity contribution in [1.29, 1.82) is 0 Å². The van der Waals surface area contributed by atoms with E-state index in [0.717, 1.165) is 22.9 Å². The molecule has 0 aliphatic rings. The zero-order valence-electron chi connectivity index (χ0n) is 13.7. The number of benzene rings is 2. The van der Waals surface area contributed by atoms with Crippen molar-refractivity contribution >= 4 is 22.5 Å². The number of azo groups is 1. The van der Waals surface area contributed by atoms with E-state index in [1.54, 1.807) is 28.8 Å². The summed E-state index contributed by atoms with van der Waals surface area (Å²) >= 11 is 0. The van der Waals surface area contributed by atoms with Gasteiger partial charge < -0.3 is 9.67 Å². The van der Waals surface area contributed by atoms with Crippen LogP contribution in [0.1, 0.15) is 29.3 Å². The Hall–Kier alpha value is -2.95. The Balaban J connectivity index is 2.05. The van der Waals surface area contributed by atoms with Crippen LogP contribution in [0.2, 0.25) is 0 Å². The van der Waals surface area contributed by atoms with Crippen molar-refractivity contribution in [1.82, 2.24) is 4.57 Å². The fraction of sp³-hybridized carbons (Fsp3) is 0.211. The quantitative estimate of drug-likeness (QED) is 0.688. The number of carbonyl (C=O) groups excluding carboxylic acids is 1. The second-order valence-corrected chi connectivity index (χ2v) is 5.72. The van der Waals surface area contributed by atoms with Gasteiger partial charge in [-0.2, -0.15) is 0 Å². The number of aromatic nitrogens is 1. The molecule has 24 heavy (non-hydrogen) atoms. The Morgan fingerprint density at radius 2 is 1.92 bits per heavy atom. The highest BCUT2D eigenvalue weighted by molar-refractivity contribution is 5.97. The van der Waals surface area contributed by atoms with Gasteiger partial charge in [0.25, 0.3) is 5.91 Å². The molecule has 0 unspecified atom stereocenters. The van der Waals surface area contributed by atoms with E-state index in [4.69, 9.17) is 0 Å². The molecule has 1 heterocycles. The van der Waals surface area contributed by atoms with Gasteiger partial charge in [0.1, 0.15) is 0 Å². The summed E-state index contributed by atoms with van der Waals surface area (Å²) in [5.41, 5.74) is 2.75. The zero-order valence-corrected chi connectivity index (χ0v) is 13.7. The first kappa shape index (κ1) is 15.9. The van der Waals surface area contributed by atoms with Crippen LogP contribution in [0.4, 0.5) is 5.69 Å². The van der Waals surface area contributed by atoms with Crippen LogP contribution in [0, 0.1) is 6.92 Å². The van der Waals surface area contributed by atoms with E-state index < -0.39 is 5.91 Å². The lowest BCUT2D eigenvalue weighted by Gasteiger charge is -2.04. The van der Waals surface area contributed by atoms with Crippen molar-refractivity contribution in [2.75, 3.05) is 0 Å². The van der Waals surface area contributed by atoms with Gasteiger partial charge in [0.2, 0.25) is 5.88 Å². The van der Waals surface area contributed by atoms with E-state index in [1.807, 2.05) is 38.1 Å². The predicted octanol–water partition coefficient (Wildman–Crippen LogP) is 4.99. The number of aromatic hydroxyl groups is 1. The summed E-state index contributed by atoms with van der Waals surface area (Å²) in [5, 5.41) is 19.2. The van der Waals surface area contributed by atoms with Gasteiger partial charge in [-0.1, -0.05) is 36.8 Å². The van der Waals surface area contributed by atoms with Crippen LogP contribution < -0.4 is 0 Å². The van der Waals surface area contributed by atoms with Crippen molar-refractivity contribution in [3.8, 4) is 5.88 Å². The molecule has 0 spiro atoms. The molecule has 2 aromatic carbocycles. The van der Waals surface area contributed by atoms with Crippen molar-refractivity contribution in [3.63, 3.8) is 0 Å². The summed E-state index contributed by atoms with van der Waals surface area (Å²) in [5.74, 6) is -0.388. The lowest BCUT2D eigenvalue weighted by atomic mass is 10.1. The molecule has 0 fully saturated rings. The van der Waals surface area contributed by atoms with E-state index >= 15 is 0 Å². The number of nitrogens with zero attached hydrogens (tertiary/aromatic N) is 3. The van der Waals surface area contributed by atoms with Crippen LogP contribution >= 0.6 is 0 Å². The first-order valence-electron chi connectivity index (χ1n) is 7.94. The van der Waals surface area contributed by atoms with Gasteiger partial charge in [-0.3, -0.25) is 4.79 Å². The van der Waals surface area contributed by atoms with Gasteiger partial charge in [-0.25, -0.2) is 0 Å². The molecule has 0 saturated carbocycles. The maximum absolute atomic E-state index is 12.1. The van der Waals surface area contributed by atoms with E-state index in [9.17, 15) is 9.90 Å². The molecule has 5 heteroatoms. The summed E-state index contributed by atoms with van der Waals surface area (Å²) in [6.45, 7) is 4.69. The topological polar surface area (TPSA) is 66.9 Å². The standard InChI is InChI=1S/C19H19N3O2/c1-3-11-22-16-10-9-13(2)12-15(16)17(19(22)24)20-21-18(23)14-7-5-4-6-8-14/h4-10,12,24H,3,11H2,1-2H3. The first-order valence-corrected chi connectivity index (χ1v) is 7.94. The fourth-order valence-corrected chi connectivity index (χ4v) is 2.72. The molecule has 1 amide bonds. The average molecular weight is 321 g/mol. The van der Waals surface area contributed by atoms with Gasteiger partial charge in [0.15, 0.2) is 5.69 Å². The minimum atomic E-state index is -0.431. The molecule has 0 aliphatic carbocycles. The van der Waals surface area contributed by atoms with Crippen molar-refractivity contribution in [3.05, 3.63) is 59.7 Å². The van der Waals surface area contributed by atoms with Crippen LogP contribution in [0.3, 0.4) is 0 Å². The van der Waals surface area contributed by atoms with Gasteiger partial charge in [0.05, 0.1) is 5.52 Å². The van der Waals surface area contributed by atoms with Crippen LogP contribution in [-0.4, -0.2) is 15.6 Å². The molecule has 122 valence electrons. The molecule has 0 radical (unpaired) electrons. The van der Waals surface area contributed by atoms with Crippen LogP contribution in [-0.2, 0) is 6.54 Å². The van der Waals surface area contributed by atoms with Crippen molar-refractivity contribution in [2.24, 2.45) is 10.2 Å². The normalized spacial score (nSPS) is 11.4. The number of hydrogen-bond donors (Lipinski definition) is 1. The Morgan fingerprint density at radius 3 is 2.62 bits per heavy atom. The number of fused-ring (bicyclic) bond motifs is 1. The largest absolute Gasteiger partial charge is 0.493 e. The van der Waals surface area contributed by atoms with Gasteiger partial charge >= 0.3 is 0 Å². The highest BCUT2D eigenvalue weighted by atomic mass is 16.3. The van der Waals surface area contributed by atoms with E-state index in [2.05, 4.69) is 10.2 Å². The Labute approximate surface area is 140 Å². The third kappa shape index (κ3) is 2.93. The maximum Gasteiger partial charge on any atom is 0.295 e. The number of rotatable bonds is 4.